The number of hydrogen-bond donors (Lipinski definition) is 1. The van der Waals surface area contributed by atoms with Crippen molar-refractivity contribution in [2.75, 3.05) is 0 Å². The van der Waals surface area contributed by atoms with Gasteiger partial charge in [0.05, 0.1) is 17.8 Å². The Labute approximate surface area is 136 Å². The van der Waals surface area contributed by atoms with E-state index in [1.54, 1.807) is 35.0 Å². The summed E-state index contributed by atoms with van der Waals surface area (Å²) in [7, 11) is 0. The van der Waals surface area contributed by atoms with Crippen LogP contribution in [0, 0.1) is 0 Å². The summed E-state index contributed by atoms with van der Waals surface area (Å²) in [4.78, 5) is 20.0. The first kappa shape index (κ1) is 14.1. The molecular weight excluding hydrogens is 306 g/mol. The number of nitrogens with zero attached hydrogens (tertiary/aromatic N) is 5. The molecule has 0 atom stereocenters. The van der Waals surface area contributed by atoms with E-state index in [9.17, 15) is 9.90 Å². The van der Waals surface area contributed by atoms with Crippen molar-refractivity contribution in [2.24, 2.45) is 0 Å². The molecule has 1 N–H and O–H groups in total. The summed E-state index contributed by atoms with van der Waals surface area (Å²) in [6, 6.07) is 12.6. The van der Waals surface area contributed by atoms with Crippen molar-refractivity contribution in [1.82, 2.24) is 24.1 Å². The van der Waals surface area contributed by atoms with Gasteiger partial charge in [0.2, 0.25) is 0 Å². The van der Waals surface area contributed by atoms with Crippen LogP contribution in [0.2, 0.25) is 0 Å². The van der Waals surface area contributed by atoms with Gasteiger partial charge in [-0.3, -0.25) is 0 Å². The number of benzene rings is 1. The van der Waals surface area contributed by atoms with Crippen molar-refractivity contribution in [3.05, 3.63) is 72.4 Å². The average Bonchev–Trinajstić information content (AvgIpc) is 3.24. The average molecular weight is 319 g/mol. The highest BCUT2D eigenvalue weighted by atomic mass is 16.4. The van der Waals surface area contributed by atoms with Crippen LogP contribution in [0.4, 0.5) is 0 Å². The van der Waals surface area contributed by atoms with E-state index in [1.165, 1.54) is 6.33 Å². The highest BCUT2D eigenvalue weighted by Crippen LogP contribution is 2.23. The second-order valence-electron chi connectivity index (χ2n) is 5.28. The van der Waals surface area contributed by atoms with Crippen molar-refractivity contribution in [3.8, 4) is 11.4 Å². The lowest BCUT2D eigenvalue weighted by Gasteiger charge is -2.11. The number of imidazole rings is 1. The number of rotatable bonds is 4. The topological polar surface area (TPSA) is 85.3 Å². The van der Waals surface area contributed by atoms with Gasteiger partial charge in [0.25, 0.3) is 0 Å². The zero-order chi connectivity index (χ0) is 16.5. The minimum atomic E-state index is -0.974. The Balaban J connectivity index is 1.79. The van der Waals surface area contributed by atoms with Crippen molar-refractivity contribution in [3.63, 3.8) is 0 Å². The lowest BCUT2D eigenvalue weighted by molar-refractivity contribution is 0.0697. The van der Waals surface area contributed by atoms with Crippen molar-refractivity contribution in [2.45, 2.75) is 6.54 Å². The molecule has 1 aromatic carbocycles. The van der Waals surface area contributed by atoms with Crippen molar-refractivity contribution < 1.29 is 9.90 Å². The minimum Gasteiger partial charge on any atom is -0.478 e. The summed E-state index contributed by atoms with van der Waals surface area (Å²) in [5.74, 6) is -0.372. The number of carboxylic acids is 1. The monoisotopic (exact) mass is 319 g/mol. The molecule has 0 unspecified atom stereocenters. The Morgan fingerprint density at radius 2 is 1.96 bits per heavy atom. The molecule has 0 bridgehead atoms. The van der Waals surface area contributed by atoms with E-state index >= 15 is 0 Å². The number of pyridine rings is 1. The fraction of sp³-hybridized carbons (Fsp3) is 0.0588. The first-order valence-electron chi connectivity index (χ1n) is 7.35. The second-order valence-corrected chi connectivity index (χ2v) is 5.28. The lowest BCUT2D eigenvalue weighted by atomic mass is 10.1. The number of fused-ring (bicyclic) bond motifs is 1. The fourth-order valence-electron chi connectivity index (χ4n) is 2.74. The molecule has 24 heavy (non-hydrogen) atoms. The quantitative estimate of drug-likeness (QED) is 0.624. The maximum atomic E-state index is 11.5. The third-order valence-corrected chi connectivity index (χ3v) is 3.83. The maximum absolute atomic E-state index is 11.5. The number of hydrogen-bond acceptors (Lipinski definition) is 4. The summed E-state index contributed by atoms with van der Waals surface area (Å²) in [6.45, 7) is 0.504. The largest absolute Gasteiger partial charge is 0.478 e. The zero-order valence-corrected chi connectivity index (χ0v) is 12.6. The fourth-order valence-corrected chi connectivity index (χ4v) is 2.74. The number of aromatic carboxylic acids is 1. The van der Waals surface area contributed by atoms with Crippen LogP contribution >= 0.6 is 0 Å². The number of aromatic nitrogens is 5. The van der Waals surface area contributed by atoms with Crippen LogP contribution in [0.15, 0.2) is 61.2 Å². The van der Waals surface area contributed by atoms with Gasteiger partial charge in [-0.25, -0.2) is 19.3 Å². The number of carbonyl (C=O) groups is 1. The van der Waals surface area contributed by atoms with Crippen molar-refractivity contribution >= 4 is 11.6 Å². The maximum Gasteiger partial charge on any atom is 0.336 e. The highest BCUT2D eigenvalue weighted by Gasteiger charge is 2.15. The van der Waals surface area contributed by atoms with Crippen molar-refractivity contribution in [1.29, 1.82) is 0 Å². The van der Waals surface area contributed by atoms with E-state index in [2.05, 4.69) is 15.1 Å². The molecule has 4 rings (SSSR count). The molecule has 4 aromatic rings. The molecule has 0 aliphatic rings. The molecule has 0 radical (unpaired) electrons. The molecule has 0 amide bonds. The van der Waals surface area contributed by atoms with Gasteiger partial charge in [-0.2, -0.15) is 5.10 Å². The van der Waals surface area contributed by atoms with Crippen LogP contribution in [0.3, 0.4) is 0 Å². The smallest absolute Gasteiger partial charge is 0.336 e. The van der Waals surface area contributed by atoms with Crippen LogP contribution in [0.5, 0.6) is 0 Å². The molecule has 0 fully saturated rings. The molecule has 3 aromatic heterocycles. The first-order valence-corrected chi connectivity index (χ1v) is 7.35. The molecule has 0 aliphatic heterocycles. The normalized spacial score (nSPS) is 11.0. The summed E-state index contributed by atoms with van der Waals surface area (Å²) in [6.07, 6.45) is 4.99. The molecular formula is C17H13N5O2. The summed E-state index contributed by atoms with van der Waals surface area (Å²) in [5, 5.41) is 13.6. The molecule has 0 saturated carbocycles. The predicted molar refractivity (Wildman–Crippen MR) is 86.7 cm³/mol. The van der Waals surface area contributed by atoms with Crippen LogP contribution in [-0.4, -0.2) is 35.2 Å². The van der Waals surface area contributed by atoms with Gasteiger partial charge in [0.15, 0.2) is 5.65 Å². The molecule has 0 saturated heterocycles. The Bertz CT molecular complexity index is 1030. The molecule has 118 valence electrons. The van der Waals surface area contributed by atoms with Gasteiger partial charge in [0, 0.05) is 18.0 Å². The number of carboxylic acid groups (broad SMARTS) is 1. The van der Waals surface area contributed by atoms with E-state index < -0.39 is 5.97 Å². The van der Waals surface area contributed by atoms with E-state index in [-0.39, 0.29) is 5.56 Å². The van der Waals surface area contributed by atoms with Crippen LogP contribution < -0.4 is 0 Å². The Morgan fingerprint density at radius 3 is 2.83 bits per heavy atom. The van der Waals surface area contributed by atoms with E-state index in [1.807, 2.05) is 29.0 Å². The lowest BCUT2D eigenvalue weighted by Crippen LogP contribution is -2.08. The van der Waals surface area contributed by atoms with E-state index in [0.717, 1.165) is 11.3 Å². The van der Waals surface area contributed by atoms with Gasteiger partial charge in [-0.15, -0.1) is 0 Å². The molecule has 0 spiro atoms. The van der Waals surface area contributed by atoms with Gasteiger partial charge >= 0.3 is 5.97 Å². The van der Waals surface area contributed by atoms with Crippen LogP contribution in [0.25, 0.3) is 17.0 Å². The zero-order valence-electron chi connectivity index (χ0n) is 12.6. The Morgan fingerprint density at radius 1 is 1.08 bits per heavy atom. The van der Waals surface area contributed by atoms with Gasteiger partial charge in [0.1, 0.15) is 12.2 Å². The highest BCUT2D eigenvalue weighted by molar-refractivity contribution is 5.95. The molecule has 0 aliphatic carbocycles. The van der Waals surface area contributed by atoms with E-state index in [4.69, 9.17) is 0 Å². The van der Waals surface area contributed by atoms with Crippen LogP contribution in [-0.2, 0) is 6.54 Å². The third kappa shape index (κ3) is 2.32. The minimum absolute atomic E-state index is 0.226. The first-order chi connectivity index (χ1) is 11.7. The molecule has 3 heterocycles. The summed E-state index contributed by atoms with van der Waals surface area (Å²) in [5.41, 5.74) is 2.50. The predicted octanol–water partition coefficient (Wildman–Crippen LogP) is 2.34. The Hall–Kier alpha value is -3.48. The second kappa shape index (κ2) is 5.62. The van der Waals surface area contributed by atoms with Gasteiger partial charge < -0.3 is 9.67 Å². The Kier molecular flexibility index (Phi) is 3.31. The SMILES string of the molecule is O=C(O)c1ccccc1-c1nccn1Cc1cccc2ncnn12. The summed E-state index contributed by atoms with van der Waals surface area (Å²) >= 11 is 0. The third-order valence-electron chi connectivity index (χ3n) is 3.83. The molecule has 7 nitrogen and oxygen atoms in total. The standard InChI is InChI=1S/C17H13N5O2/c23-17(24)14-6-2-1-5-13(14)16-18-8-9-21(16)10-12-4-3-7-15-19-11-20-22(12)15/h1-9,11H,10H2,(H,23,24). The van der Waals surface area contributed by atoms with E-state index in [0.29, 0.717) is 17.9 Å². The van der Waals surface area contributed by atoms with Gasteiger partial charge in [-0.05, 0) is 18.2 Å². The van der Waals surface area contributed by atoms with Gasteiger partial charge in [-0.1, -0.05) is 24.3 Å². The van der Waals surface area contributed by atoms with Crippen LogP contribution in [0.1, 0.15) is 16.1 Å². The molecule has 7 heteroatoms. The summed E-state index contributed by atoms with van der Waals surface area (Å²) < 4.78 is 3.66.